The highest BCUT2D eigenvalue weighted by atomic mass is 16.4. The van der Waals surface area contributed by atoms with Gasteiger partial charge in [-0.2, -0.15) is 0 Å². The van der Waals surface area contributed by atoms with Crippen LogP contribution in [0.1, 0.15) is 29.3 Å². The monoisotopic (exact) mass is 427 g/mol. The predicted octanol–water partition coefficient (Wildman–Crippen LogP) is 5.45. The second-order valence-corrected chi connectivity index (χ2v) is 8.08. The normalized spacial score (nSPS) is 13.7. The van der Waals surface area contributed by atoms with E-state index < -0.39 is 12.2 Å². The fourth-order valence-corrected chi connectivity index (χ4v) is 4.05. The van der Waals surface area contributed by atoms with E-state index >= 15 is 0 Å². The number of benzene rings is 3. The first-order chi connectivity index (χ1) is 15.7. The van der Waals surface area contributed by atoms with Gasteiger partial charge in [0.15, 0.2) is 0 Å². The van der Waals surface area contributed by atoms with Gasteiger partial charge < -0.3 is 19.0 Å². The van der Waals surface area contributed by atoms with Crippen molar-refractivity contribution in [3.05, 3.63) is 108 Å². The van der Waals surface area contributed by atoms with Crippen molar-refractivity contribution in [2.75, 3.05) is 13.1 Å². The van der Waals surface area contributed by atoms with Gasteiger partial charge in [0, 0.05) is 30.4 Å². The zero-order valence-electron chi connectivity index (χ0n) is 17.6. The van der Waals surface area contributed by atoms with Crippen molar-refractivity contribution >= 4 is 21.9 Å². The van der Waals surface area contributed by atoms with Gasteiger partial charge in [0.05, 0.1) is 0 Å². The first-order valence-electron chi connectivity index (χ1n) is 10.7. The molecule has 3 aromatic carbocycles. The van der Waals surface area contributed by atoms with Crippen molar-refractivity contribution in [3.8, 4) is 0 Å². The molecule has 0 saturated heterocycles. The molecule has 1 unspecified atom stereocenters. The maximum absolute atomic E-state index is 10.9. The summed E-state index contributed by atoms with van der Waals surface area (Å²) in [6, 6.07) is 29.2. The van der Waals surface area contributed by atoms with E-state index in [1.807, 2.05) is 95.9 Å². The molecule has 5 nitrogen and oxygen atoms in total. The number of nitrogens with zero attached hydrogens (tertiary/aromatic N) is 1. The summed E-state index contributed by atoms with van der Waals surface area (Å²) in [5.41, 5.74) is 2.60. The molecule has 2 aromatic heterocycles. The molecule has 0 spiro atoms. The van der Waals surface area contributed by atoms with Gasteiger partial charge in [0.25, 0.3) is 0 Å². The molecule has 0 saturated carbocycles. The molecule has 5 rings (SSSR count). The Labute approximate surface area is 186 Å². The third kappa shape index (κ3) is 4.46. The molecule has 162 valence electrons. The molecular weight excluding hydrogens is 402 g/mol. The zero-order chi connectivity index (χ0) is 21.9. The van der Waals surface area contributed by atoms with E-state index in [2.05, 4.69) is 0 Å². The highest BCUT2D eigenvalue weighted by Crippen LogP contribution is 2.27. The Bertz CT molecular complexity index is 1160. The summed E-state index contributed by atoms with van der Waals surface area (Å²) in [5.74, 6) is 1.03. The van der Waals surface area contributed by atoms with E-state index in [-0.39, 0.29) is 0 Å². The molecule has 5 aromatic rings. The Hall–Kier alpha value is -3.38. The third-order valence-corrected chi connectivity index (χ3v) is 5.66. The van der Waals surface area contributed by atoms with Crippen LogP contribution in [0.5, 0.6) is 0 Å². The van der Waals surface area contributed by atoms with Gasteiger partial charge >= 0.3 is 0 Å². The maximum atomic E-state index is 10.9. The third-order valence-electron chi connectivity index (χ3n) is 5.66. The lowest BCUT2D eigenvalue weighted by molar-refractivity contribution is 0.0492. The van der Waals surface area contributed by atoms with Crippen LogP contribution in [-0.4, -0.2) is 28.2 Å². The molecule has 0 bridgehead atoms. The van der Waals surface area contributed by atoms with Crippen molar-refractivity contribution < 1.29 is 19.0 Å². The second-order valence-electron chi connectivity index (χ2n) is 8.08. The highest BCUT2D eigenvalue weighted by Gasteiger charge is 2.22. The summed E-state index contributed by atoms with van der Waals surface area (Å²) in [6.07, 6.45) is -1.65. The molecule has 5 heteroatoms. The minimum absolute atomic E-state index is 0.312. The smallest absolute Gasteiger partial charge is 0.135 e. The Morgan fingerprint density at radius 3 is 1.59 bits per heavy atom. The summed E-state index contributed by atoms with van der Waals surface area (Å²) in [7, 11) is 0. The van der Waals surface area contributed by atoms with Crippen molar-refractivity contribution in [1.82, 2.24) is 4.90 Å². The van der Waals surface area contributed by atoms with Crippen molar-refractivity contribution in [3.63, 3.8) is 0 Å². The SMILES string of the molecule is OC(CN(Cc1ccccc1)C[C@@H](O)c1cc2ccccc2o1)c1cc2ccccc2o1. The standard InChI is InChI=1S/C27H25NO4/c29-22(26-14-20-10-4-6-12-24(20)31-26)17-28(16-19-8-2-1-3-9-19)18-23(30)27-15-21-11-5-7-13-25(21)32-27/h1-15,22-23,29-30H,16-18H2/t22-,23?/m1/s1. The van der Waals surface area contributed by atoms with Crippen LogP contribution < -0.4 is 0 Å². The fraction of sp³-hybridized carbons (Fsp3) is 0.185. The number of aliphatic hydroxyl groups excluding tert-OH is 2. The van der Waals surface area contributed by atoms with Crippen LogP contribution >= 0.6 is 0 Å². The van der Waals surface area contributed by atoms with Crippen LogP contribution in [-0.2, 0) is 6.54 Å². The van der Waals surface area contributed by atoms with Gasteiger partial charge in [-0.15, -0.1) is 0 Å². The Balaban J connectivity index is 1.36. The molecule has 2 heterocycles. The summed E-state index contributed by atoms with van der Waals surface area (Å²) in [6.45, 7) is 1.20. The number of fused-ring (bicyclic) bond motifs is 2. The number of hydrogen-bond acceptors (Lipinski definition) is 5. The Morgan fingerprint density at radius 1 is 0.625 bits per heavy atom. The molecule has 2 atom stereocenters. The van der Waals surface area contributed by atoms with E-state index in [0.717, 1.165) is 27.5 Å². The number of para-hydroxylation sites is 2. The number of hydrogen-bond donors (Lipinski definition) is 2. The van der Waals surface area contributed by atoms with E-state index in [9.17, 15) is 10.2 Å². The molecule has 0 amide bonds. The van der Waals surface area contributed by atoms with Gasteiger partial charge in [0.2, 0.25) is 0 Å². The molecule has 2 N–H and O–H groups in total. The van der Waals surface area contributed by atoms with Crippen molar-refractivity contribution in [2.45, 2.75) is 18.8 Å². The molecule has 0 fully saturated rings. The van der Waals surface area contributed by atoms with Crippen LogP contribution in [0, 0.1) is 0 Å². The second kappa shape index (κ2) is 9.01. The van der Waals surface area contributed by atoms with Crippen LogP contribution in [0.25, 0.3) is 21.9 Å². The molecule has 0 radical (unpaired) electrons. The number of aliphatic hydroxyl groups is 2. The molecule has 0 aliphatic carbocycles. The van der Waals surface area contributed by atoms with Crippen LogP contribution in [0.4, 0.5) is 0 Å². The quantitative estimate of drug-likeness (QED) is 0.345. The number of furan rings is 2. The average molecular weight is 428 g/mol. The van der Waals surface area contributed by atoms with Crippen LogP contribution in [0.2, 0.25) is 0 Å². The zero-order valence-corrected chi connectivity index (χ0v) is 17.6. The fourth-order valence-electron chi connectivity index (χ4n) is 4.05. The van der Waals surface area contributed by atoms with E-state index in [4.69, 9.17) is 8.83 Å². The molecule has 0 aliphatic rings. The highest BCUT2D eigenvalue weighted by molar-refractivity contribution is 5.78. The largest absolute Gasteiger partial charge is 0.458 e. The van der Waals surface area contributed by atoms with Crippen LogP contribution in [0.3, 0.4) is 0 Å². The van der Waals surface area contributed by atoms with E-state index in [0.29, 0.717) is 31.2 Å². The summed E-state index contributed by atoms with van der Waals surface area (Å²) < 4.78 is 11.7. The maximum Gasteiger partial charge on any atom is 0.135 e. The van der Waals surface area contributed by atoms with Crippen molar-refractivity contribution in [1.29, 1.82) is 0 Å². The lowest BCUT2D eigenvalue weighted by Gasteiger charge is -2.26. The minimum atomic E-state index is -0.825. The first kappa shape index (κ1) is 20.5. The Kier molecular flexibility index (Phi) is 5.77. The van der Waals surface area contributed by atoms with Gasteiger partial charge in [0.1, 0.15) is 34.9 Å². The van der Waals surface area contributed by atoms with Gasteiger partial charge in [-0.25, -0.2) is 0 Å². The average Bonchev–Trinajstić information content (AvgIpc) is 3.44. The van der Waals surface area contributed by atoms with Gasteiger partial charge in [-0.05, 0) is 29.8 Å². The Morgan fingerprint density at radius 2 is 1.09 bits per heavy atom. The van der Waals surface area contributed by atoms with Gasteiger partial charge in [-0.1, -0.05) is 66.7 Å². The number of rotatable bonds is 8. The molecule has 0 aliphatic heterocycles. The minimum Gasteiger partial charge on any atom is -0.458 e. The molecule has 32 heavy (non-hydrogen) atoms. The van der Waals surface area contributed by atoms with Gasteiger partial charge in [-0.3, -0.25) is 4.90 Å². The lowest BCUT2D eigenvalue weighted by atomic mass is 10.1. The van der Waals surface area contributed by atoms with E-state index in [1.54, 1.807) is 0 Å². The lowest BCUT2D eigenvalue weighted by Crippen LogP contribution is -2.32. The molecular formula is C27H25NO4. The van der Waals surface area contributed by atoms with E-state index in [1.165, 1.54) is 0 Å². The topological polar surface area (TPSA) is 70.0 Å². The summed E-state index contributed by atoms with van der Waals surface area (Å²) in [4.78, 5) is 2.02. The summed E-state index contributed by atoms with van der Waals surface area (Å²) >= 11 is 0. The predicted molar refractivity (Wildman–Crippen MR) is 124 cm³/mol. The summed E-state index contributed by atoms with van der Waals surface area (Å²) in [5, 5.41) is 23.8. The van der Waals surface area contributed by atoms with Crippen molar-refractivity contribution in [2.24, 2.45) is 0 Å². The first-order valence-corrected chi connectivity index (χ1v) is 10.7. The van der Waals surface area contributed by atoms with Crippen LogP contribution in [0.15, 0.2) is 99.8 Å².